The van der Waals surface area contributed by atoms with Crippen LogP contribution in [0, 0.1) is 5.92 Å². The highest BCUT2D eigenvalue weighted by Gasteiger charge is 2.35. The lowest BCUT2D eigenvalue weighted by atomic mass is 9.87. The second-order valence-corrected chi connectivity index (χ2v) is 10.2. The lowest BCUT2D eigenvalue weighted by Gasteiger charge is -2.36. The maximum Gasteiger partial charge on any atom is 0.414 e. The van der Waals surface area contributed by atoms with Crippen molar-refractivity contribution in [1.29, 1.82) is 0 Å². The van der Waals surface area contributed by atoms with E-state index < -0.39 is 0 Å². The van der Waals surface area contributed by atoms with Crippen LogP contribution in [0.25, 0.3) is 10.9 Å². The number of aromatic nitrogens is 1. The molecule has 2 atom stereocenters. The molecular formula is C26H27N5O4S. The molecule has 6 rings (SSSR count). The highest BCUT2D eigenvalue weighted by molar-refractivity contribution is 8.00. The van der Waals surface area contributed by atoms with Crippen molar-refractivity contribution in [3.05, 3.63) is 54.2 Å². The number of thioether (sulfide) groups is 1. The molecule has 10 heteroatoms. The van der Waals surface area contributed by atoms with Gasteiger partial charge in [-0.2, -0.15) is 0 Å². The summed E-state index contributed by atoms with van der Waals surface area (Å²) in [6.07, 6.45) is 1.17. The van der Waals surface area contributed by atoms with E-state index in [4.69, 9.17) is 9.47 Å². The third-order valence-corrected chi connectivity index (χ3v) is 8.02. The number of nitrogens with zero attached hydrogens (tertiary/aromatic N) is 2. The van der Waals surface area contributed by atoms with E-state index in [9.17, 15) is 9.59 Å². The van der Waals surface area contributed by atoms with Gasteiger partial charge in [0.2, 0.25) is 5.91 Å². The minimum absolute atomic E-state index is 0.0338. The summed E-state index contributed by atoms with van der Waals surface area (Å²) in [5, 5.41) is 11.0. The molecule has 4 heterocycles. The average Bonchev–Trinajstić information content (AvgIpc) is 3.24. The van der Waals surface area contributed by atoms with Crippen LogP contribution >= 0.6 is 11.8 Å². The third kappa shape index (κ3) is 4.36. The molecule has 0 spiro atoms. The van der Waals surface area contributed by atoms with E-state index in [-0.39, 0.29) is 24.1 Å². The first-order valence-corrected chi connectivity index (χ1v) is 13.0. The molecule has 2 aromatic carbocycles. The van der Waals surface area contributed by atoms with Crippen molar-refractivity contribution in [3.8, 4) is 5.75 Å². The van der Waals surface area contributed by atoms with Gasteiger partial charge in [-0.25, -0.2) is 4.79 Å². The molecule has 9 nitrogen and oxygen atoms in total. The van der Waals surface area contributed by atoms with Gasteiger partial charge in [-0.3, -0.25) is 14.7 Å². The number of anilines is 2. The highest BCUT2D eigenvalue weighted by atomic mass is 32.2. The fourth-order valence-electron chi connectivity index (χ4n) is 4.96. The minimum atomic E-state index is -0.377. The summed E-state index contributed by atoms with van der Waals surface area (Å²) < 4.78 is 11.2. The summed E-state index contributed by atoms with van der Waals surface area (Å²) in [5.74, 6) is 1.58. The van der Waals surface area contributed by atoms with Crippen LogP contribution in [0.1, 0.15) is 11.6 Å². The topological polar surface area (TPSA) is 105 Å². The molecule has 3 aromatic rings. The van der Waals surface area contributed by atoms with Crippen LogP contribution in [0.15, 0.2) is 53.6 Å². The standard InChI is InChI=1S/C26H27N5O4S/c1-34-17-3-4-21-20(9-17)19(6-7-28-21)25(15-10-27-11-15)29-12-18-13-31(26(33)35-18)16-2-5-23-22(8-16)30-24(32)14-36-23/h2-9,15,18,25,27,29H,10-14H2,1H3,(H,30,32). The molecular weight excluding hydrogens is 478 g/mol. The zero-order valence-electron chi connectivity index (χ0n) is 19.8. The quantitative estimate of drug-likeness (QED) is 0.450. The molecule has 2 saturated heterocycles. The Morgan fingerprint density at radius 3 is 2.92 bits per heavy atom. The second kappa shape index (κ2) is 9.61. The van der Waals surface area contributed by atoms with E-state index >= 15 is 0 Å². The van der Waals surface area contributed by atoms with Gasteiger partial charge in [0.25, 0.3) is 0 Å². The van der Waals surface area contributed by atoms with Crippen LogP contribution in [0.5, 0.6) is 5.75 Å². The fourth-order valence-corrected chi connectivity index (χ4v) is 5.75. The van der Waals surface area contributed by atoms with Gasteiger partial charge in [0.05, 0.1) is 30.6 Å². The van der Waals surface area contributed by atoms with Gasteiger partial charge >= 0.3 is 6.09 Å². The minimum Gasteiger partial charge on any atom is -0.497 e. The Hall–Kier alpha value is -3.34. The number of ether oxygens (including phenoxy) is 2. The lowest BCUT2D eigenvalue weighted by Crippen LogP contribution is -2.50. The molecule has 0 radical (unpaired) electrons. The van der Waals surface area contributed by atoms with Crippen LogP contribution in [0.3, 0.4) is 0 Å². The Morgan fingerprint density at radius 2 is 2.11 bits per heavy atom. The number of hydrogen-bond acceptors (Lipinski definition) is 8. The lowest BCUT2D eigenvalue weighted by molar-refractivity contribution is -0.113. The Balaban J connectivity index is 1.19. The van der Waals surface area contributed by atoms with Crippen molar-refractivity contribution >= 4 is 46.0 Å². The SMILES string of the molecule is COc1ccc2nccc(C(NCC3CN(c4ccc5c(c4)NC(=O)CS5)C(=O)O3)C3CNC3)c2c1. The average molecular weight is 506 g/mol. The molecule has 2 fully saturated rings. The normalized spacial score (nSPS) is 20.5. The molecule has 2 amide bonds. The molecule has 0 aliphatic carbocycles. The molecule has 186 valence electrons. The summed E-state index contributed by atoms with van der Waals surface area (Å²) in [5.41, 5.74) is 3.54. The number of carbonyl (C=O) groups excluding carboxylic acids is 2. The van der Waals surface area contributed by atoms with Gasteiger partial charge in [0.1, 0.15) is 11.9 Å². The number of cyclic esters (lactones) is 1. The van der Waals surface area contributed by atoms with Crippen LogP contribution in [-0.2, 0) is 9.53 Å². The largest absolute Gasteiger partial charge is 0.497 e. The van der Waals surface area contributed by atoms with Crippen molar-refractivity contribution in [1.82, 2.24) is 15.6 Å². The summed E-state index contributed by atoms with van der Waals surface area (Å²) in [6, 6.07) is 13.7. The van der Waals surface area contributed by atoms with E-state index in [0.717, 1.165) is 51.6 Å². The van der Waals surface area contributed by atoms with Crippen molar-refractivity contribution in [3.63, 3.8) is 0 Å². The molecule has 2 unspecified atom stereocenters. The van der Waals surface area contributed by atoms with Crippen LogP contribution < -0.4 is 25.6 Å². The number of nitrogens with one attached hydrogen (secondary N) is 3. The number of rotatable bonds is 7. The summed E-state index contributed by atoms with van der Waals surface area (Å²) in [7, 11) is 1.66. The molecule has 3 aliphatic heterocycles. The number of pyridine rings is 1. The number of benzene rings is 2. The van der Waals surface area contributed by atoms with Gasteiger partial charge in [-0.15, -0.1) is 11.8 Å². The Morgan fingerprint density at radius 1 is 1.22 bits per heavy atom. The van der Waals surface area contributed by atoms with Crippen molar-refractivity contribution in [2.24, 2.45) is 5.92 Å². The van der Waals surface area contributed by atoms with E-state index in [0.29, 0.717) is 24.8 Å². The second-order valence-electron chi connectivity index (χ2n) is 9.22. The van der Waals surface area contributed by atoms with E-state index in [2.05, 4.69) is 27.0 Å². The molecule has 36 heavy (non-hydrogen) atoms. The highest BCUT2D eigenvalue weighted by Crippen LogP contribution is 2.36. The van der Waals surface area contributed by atoms with E-state index in [1.165, 1.54) is 11.8 Å². The maximum absolute atomic E-state index is 12.7. The van der Waals surface area contributed by atoms with Crippen LogP contribution in [0.4, 0.5) is 16.2 Å². The van der Waals surface area contributed by atoms with Gasteiger partial charge in [0.15, 0.2) is 0 Å². The maximum atomic E-state index is 12.7. The van der Waals surface area contributed by atoms with Crippen molar-refractivity contribution in [2.45, 2.75) is 17.0 Å². The molecule has 0 bridgehead atoms. The number of methoxy groups -OCH3 is 1. The molecule has 3 aliphatic rings. The number of fused-ring (bicyclic) bond motifs is 2. The number of carbonyl (C=O) groups is 2. The molecule has 1 aromatic heterocycles. The number of amides is 2. The molecule has 3 N–H and O–H groups in total. The van der Waals surface area contributed by atoms with E-state index in [1.807, 2.05) is 42.6 Å². The molecule has 0 saturated carbocycles. The van der Waals surface area contributed by atoms with Gasteiger partial charge in [0, 0.05) is 53.8 Å². The van der Waals surface area contributed by atoms with Crippen LogP contribution in [0.2, 0.25) is 0 Å². The first-order valence-electron chi connectivity index (χ1n) is 12.0. The Kier molecular flexibility index (Phi) is 6.16. The number of hydrogen-bond donors (Lipinski definition) is 3. The smallest absolute Gasteiger partial charge is 0.414 e. The van der Waals surface area contributed by atoms with Crippen molar-refractivity contribution < 1.29 is 19.1 Å². The van der Waals surface area contributed by atoms with Crippen LogP contribution in [-0.4, -0.2) is 62.1 Å². The zero-order valence-corrected chi connectivity index (χ0v) is 20.6. The van der Waals surface area contributed by atoms with E-state index in [1.54, 1.807) is 12.0 Å². The third-order valence-electron chi connectivity index (χ3n) is 6.95. The predicted octanol–water partition coefficient (Wildman–Crippen LogP) is 3.16. The summed E-state index contributed by atoms with van der Waals surface area (Å²) >= 11 is 1.50. The summed E-state index contributed by atoms with van der Waals surface area (Å²) in [6.45, 7) is 2.79. The van der Waals surface area contributed by atoms with Crippen molar-refractivity contribution in [2.75, 3.05) is 49.3 Å². The predicted molar refractivity (Wildman–Crippen MR) is 139 cm³/mol. The Labute approximate surface area is 212 Å². The van der Waals surface area contributed by atoms with Gasteiger partial charge in [-0.1, -0.05) is 0 Å². The first-order chi connectivity index (χ1) is 17.6. The summed E-state index contributed by atoms with van der Waals surface area (Å²) in [4.78, 5) is 31.7. The Bertz CT molecular complexity index is 1330. The monoisotopic (exact) mass is 505 g/mol. The zero-order chi connectivity index (χ0) is 24.6. The van der Waals surface area contributed by atoms with Gasteiger partial charge in [-0.05, 0) is 48.0 Å². The van der Waals surface area contributed by atoms with Gasteiger partial charge < -0.3 is 25.4 Å². The first kappa shape index (κ1) is 23.1. The fraction of sp³-hybridized carbons (Fsp3) is 0.346.